The Balaban J connectivity index is 2.06. The van der Waals surface area contributed by atoms with E-state index in [1.807, 2.05) is 13.0 Å². The molecule has 2 rings (SSSR count). The van der Waals surface area contributed by atoms with E-state index >= 15 is 0 Å². The zero-order valence-electron chi connectivity index (χ0n) is 17.5. The molecule has 0 atom stereocenters. The molecule has 0 aliphatic heterocycles. The van der Waals surface area contributed by atoms with Crippen molar-refractivity contribution in [3.05, 3.63) is 59.2 Å². The van der Waals surface area contributed by atoms with Gasteiger partial charge in [0.1, 0.15) is 0 Å². The van der Waals surface area contributed by atoms with Crippen molar-refractivity contribution in [1.29, 1.82) is 0 Å². The minimum Gasteiger partial charge on any atom is -0.381 e. The van der Waals surface area contributed by atoms with Gasteiger partial charge in [-0.25, -0.2) is 8.42 Å². The maximum Gasteiger partial charge on any atom is 0.262 e. The normalized spacial score (nSPS) is 11.5. The summed E-state index contributed by atoms with van der Waals surface area (Å²) in [5.74, 6) is 0.148. The van der Waals surface area contributed by atoms with Crippen molar-refractivity contribution < 1.29 is 17.9 Å². The summed E-state index contributed by atoms with van der Waals surface area (Å²) in [6, 6.07) is 11.8. The molecule has 0 aliphatic carbocycles. The lowest BCUT2D eigenvalue weighted by molar-refractivity contribution is 0.0925. The summed E-state index contributed by atoms with van der Waals surface area (Å²) in [5.41, 5.74) is 2.03. The van der Waals surface area contributed by atoms with Crippen LogP contribution in [0.2, 0.25) is 0 Å². The maximum atomic E-state index is 12.9. The standard InChI is InChI=1S/C22H30N2O4S/c1-16(2)15-28-13-7-12-23-22(25)19-8-5-6-9-20(19)24-29(26,27)21-14-17(3)10-11-18(21)4/h5-6,8-11,14,16,24H,7,12-13,15H2,1-4H3,(H,23,25). The lowest BCUT2D eigenvalue weighted by atomic mass is 10.1. The Morgan fingerprint density at radius 2 is 1.83 bits per heavy atom. The molecular formula is C22H30N2O4S. The van der Waals surface area contributed by atoms with Gasteiger partial charge < -0.3 is 10.1 Å². The molecule has 0 unspecified atom stereocenters. The maximum absolute atomic E-state index is 12.9. The number of sulfonamides is 1. The molecule has 1 amide bonds. The van der Waals surface area contributed by atoms with Crippen LogP contribution in [0.5, 0.6) is 0 Å². The Morgan fingerprint density at radius 1 is 1.10 bits per heavy atom. The van der Waals surface area contributed by atoms with Crippen LogP contribution in [0.4, 0.5) is 5.69 Å². The van der Waals surface area contributed by atoms with Gasteiger partial charge in [0.15, 0.2) is 0 Å². The lowest BCUT2D eigenvalue weighted by Gasteiger charge is -2.14. The average molecular weight is 419 g/mol. The van der Waals surface area contributed by atoms with E-state index in [9.17, 15) is 13.2 Å². The van der Waals surface area contributed by atoms with E-state index < -0.39 is 10.0 Å². The van der Waals surface area contributed by atoms with E-state index in [1.165, 1.54) is 0 Å². The van der Waals surface area contributed by atoms with Crippen molar-refractivity contribution in [1.82, 2.24) is 5.32 Å². The average Bonchev–Trinajstić information content (AvgIpc) is 2.66. The third kappa shape index (κ3) is 6.87. The Hall–Kier alpha value is -2.38. The second kappa shape index (κ2) is 10.4. The van der Waals surface area contributed by atoms with Crippen molar-refractivity contribution in [2.75, 3.05) is 24.5 Å². The van der Waals surface area contributed by atoms with Crippen LogP contribution in [0.25, 0.3) is 0 Å². The van der Waals surface area contributed by atoms with Crippen LogP contribution in [0.1, 0.15) is 41.8 Å². The van der Waals surface area contributed by atoms with Gasteiger partial charge >= 0.3 is 0 Å². The van der Waals surface area contributed by atoms with Gasteiger partial charge in [-0.3, -0.25) is 9.52 Å². The van der Waals surface area contributed by atoms with E-state index in [2.05, 4.69) is 23.9 Å². The monoisotopic (exact) mass is 418 g/mol. The third-order valence-corrected chi connectivity index (χ3v) is 5.76. The highest BCUT2D eigenvalue weighted by molar-refractivity contribution is 7.92. The zero-order valence-corrected chi connectivity index (χ0v) is 18.3. The molecule has 0 aromatic heterocycles. The van der Waals surface area contributed by atoms with Gasteiger partial charge in [0.25, 0.3) is 15.9 Å². The number of hydrogen-bond donors (Lipinski definition) is 2. The smallest absolute Gasteiger partial charge is 0.262 e. The molecular weight excluding hydrogens is 388 g/mol. The van der Waals surface area contributed by atoms with Crippen LogP contribution in [0, 0.1) is 19.8 Å². The van der Waals surface area contributed by atoms with E-state index in [0.29, 0.717) is 37.7 Å². The molecule has 7 heteroatoms. The molecule has 0 spiro atoms. The van der Waals surface area contributed by atoms with Gasteiger partial charge in [0.2, 0.25) is 0 Å². The quantitative estimate of drug-likeness (QED) is 0.573. The van der Waals surface area contributed by atoms with Crippen LogP contribution < -0.4 is 10.0 Å². The number of benzene rings is 2. The summed E-state index contributed by atoms with van der Waals surface area (Å²) >= 11 is 0. The van der Waals surface area contributed by atoms with E-state index in [4.69, 9.17) is 4.74 Å². The number of rotatable bonds is 10. The molecule has 2 aromatic carbocycles. The zero-order chi connectivity index (χ0) is 21.4. The summed E-state index contributed by atoms with van der Waals surface area (Å²) < 4.78 is 33.8. The number of ether oxygens (including phenoxy) is 1. The molecule has 0 bridgehead atoms. The van der Waals surface area contributed by atoms with Gasteiger partial charge in [-0.05, 0) is 55.5 Å². The molecule has 158 valence electrons. The summed E-state index contributed by atoms with van der Waals surface area (Å²) in [5, 5.41) is 2.82. The van der Waals surface area contributed by atoms with E-state index in [0.717, 1.165) is 5.56 Å². The number of para-hydroxylation sites is 1. The van der Waals surface area contributed by atoms with Gasteiger partial charge in [-0.2, -0.15) is 0 Å². The number of amides is 1. The number of carbonyl (C=O) groups is 1. The van der Waals surface area contributed by atoms with Crippen molar-refractivity contribution in [3.63, 3.8) is 0 Å². The van der Waals surface area contributed by atoms with Gasteiger partial charge in [0.05, 0.1) is 16.1 Å². The highest BCUT2D eigenvalue weighted by Crippen LogP contribution is 2.23. The summed E-state index contributed by atoms with van der Waals surface area (Å²) in [6.07, 6.45) is 0.689. The predicted molar refractivity (Wildman–Crippen MR) is 116 cm³/mol. The first-order valence-corrected chi connectivity index (χ1v) is 11.2. The minimum atomic E-state index is -3.81. The number of aryl methyl sites for hydroxylation is 2. The number of anilines is 1. The first-order valence-electron chi connectivity index (χ1n) is 9.75. The van der Waals surface area contributed by atoms with Crippen LogP contribution in [-0.4, -0.2) is 34.1 Å². The second-order valence-corrected chi connectivity index (χ2v) is 9.15. The van der Waals surface area contributed by atoms with E-state index in [-0.39, 0.29) is 22.1 Å². The Morgan fingerprint density at radius 3 is 2.55 bits per heavy atom. The number of carbonyl (C=O) groups excluding carboxylic acids is 1. The molecule has 0 fully saturated rings. The summed E-state index contributed by atoms with van der Waals surface area (Å²) in [4.78, 5) is 12.8. The predicted octanol–water partition coefficient (Wildman–Crippen LogP) is 3.90. The third-order valence-electron chi connectivity index (χ3n) is 4.25. The van der Waals surface area contributed by atoms with Gasteiger partial charge in [-0.15, -0.1) is 0 Å². The Labute approximate surface area is 173 Å². The fraction of sp³-hybridized carbons (Fsp3) is 0.409. The van der Waals surface area contributed by atoms with Crippen molar-refractivity contribution in [2.45, 2.75) is 39.0 Å². The first-order chi connectivity index (χ1) is 13.7. The highest BCUT2D eigenvalue weighted by atomic mass is 32.2. The number of hydrogen-bond acceptors (Lipinski definition) is 4. The van der Waals surface area contributed by atoms with Crippen molar-refractivity contribution in [2.24, 2.45) is 5.92 Å². The van der Waals surface area contributed by atoms with Crippen molar-refractivity contribution >= 4 is 21.6 Å². The fourth-order valence-corrected chi connectivity index (χ4v) is 4.17. The summed E-state index contributed by atoms with van der Waals surface area (Å²) in [7, 11) is -3.81. The topological polar surface area (TPSA) is 84.5 Å². The van der Waals surface area contributed by atoms with Gasteiger partial charge in [-0.1, -0.05) is 38.1 Å². The van der Waals surface area contributed by atoms with Crippen LogP contribution in [0.15, 0.2) is 47.4 Å². The van der Waals surface area contributed by atoms with Crippen LogP contribution in [0.3, 0.4) is 0 Å². The lowest BCUT2D eigenvalue weighted by Crippen LogP contribution is -2.27. The Bertz CT molecular complexity index is 940. The molecule has 0 radical (unpaired) electrons. The van der Waals surface area contributed by atoms with Crippen LogP contribution in [-0.2, 0) is 14.8 Å². The largest absolute Gasteiger partial charge is 0.381 e. The Kier molecular flexibility index (Phi) is 8.22. The molecule has 29 heavy (non-hydrogen) atoms. The van der Waals surface area contributed by atoms with Crippen molar-refractivity contribution in [3.8, 4) is 0 Å². The van der Waals surface area contributed by atoms with Gasteiger partial charge in [0, 0.05) is 19.8 Å². The first kappa shape index (κ1) is 22.9. The number of nitrogens with one attached hydrogen (secondary N) is 2. The molecule has 0 aliphatic rings. The second-order valence-electron chi connectivity index (χ2n) is 7.50. The molecule has 2 aromatic rings. The fourth-order valence-electron chi connectivity index (χ4n) is 2.76. The minimum absolute atomic E-state index is 0.204. The van der Waals surface area contributed by atoms with E-state index in [1.54, 1.807) is 43.3 Å². The SMILES string of the molecule is Cc1ccc(C)c(S(=O)(=O)Nc2ccccc2C(=O)NCCCOCC(C)C)c1. The van der Waals surface area contributed by atoms with Crippen LogP contribution >= 0.6 is 0 Å². The molecule has 2 N–H and O–H groups in total. The molecule has 0 heterocycles. The molecule has 0 saturated heterocycles. The molecule has 0 saturated carbocycles. The highest BCUT2D eigenvalue weighted by Gasteiger charge is 2.20. The molecule has 6 nitrogen and oxygen atoms in total. The summed E-state index contributed by atoms with van der Waals surface area (Å²) in [6.45, 7) is 9.46.